The van der Waals surface area contributed by atoms with Crippen LogP contribution in [0.5, 0.6) is 23.0 Å². The van der Waals surface area contributed by atoms with Gasteiger partial charge in [-0.15, -0.1) is 35.3 Å². The van der Waals surface area contributed by atoms with Crippen LogP contribution < -0.4 is 18.9 Å². The normalized spacial score (nSPS) is 15.3. The van der Waals surface area contributed by atoms with E-state index in [0.29, 0.717) is 264 Å². The molecule has 38 heteroatoms. The Bertz CT molecular complexity index is 5230. The molecule has 0 amide bonds. The summed E-state index contributed by atoms with van der Waals surface area (Å²) in [7, 11) is 0. The van der Waals surface area contributed by atoms with Crippen molar-refractivity contribution in [1.29, 1.82) is 0 Å². The van der Waals surface area contributed by atoms with Crippen molar-refractivity contribution in [2.24, 2.45) is 0 Å². The predicted molar refractivity (Wildman–Crippen MR) is 508 cm³/mol. The molecule has 126 heavy (non-hydrogen) atoms. The van der Waals surface area contributed by atoms with Crippen LogP contribution >= 0.6 is 122 Å². The maximum Gasteiger partial charge on any atom is 0.129 e. The molecule has 12 aromatic rings. The standard InChI is InChI=1S/C82H90Br4N8O16S4.C6H12O5S/c1-55-3-20-65(111-55)68-78-79(90-76(60-10-18-64(19-11-60)110-54-50-106-46-42-102-38-34-98-30-26-86)75(89-78)59-8-16-63(17-9-59)109-53-49-105-45-41-101-37-33-97-29-25-85)70(82-81(68)93-114-94-82)67-22-21-66(112-67)69-77-71(56(2)72-80(69)92-113-91-72)87-73(57-4-12-61(13-5-57)107-51-47-103-43-39-99-35-31-95-27-23-83)74(88-77)58-6-14-62(15-7-58)108-52-48-104-44-40-100-36-32-96-28-24-84;7-1-2-3(8)4(9)5(10)6(12)11-2/h3-22H,23-54H2,1-2H3;2-10,12H,1H2. The van der Waals surface area contributed by atoms with Crippen molar-refractivity contribution in [3.05, 3.63) is 132 Å². The minimum atomic E-state index is -1.32. The van der Waals surface area contributed by atoms with E-state index < -0.39 is 36.5 Å². The number of aliphatic hydroxyl groups is 4. The number of aromatic nitrogens is 8. The molecular formula is C88H102Br4N8O21S5. The lowest BCUT2D eigenvalue weighted by Gasteiger charge is -2.37. The molecule has 13 rings (SSSR count). The third-order valence-corrected chi connectivity index (χ3v) is 24.1. The molecule has 6 aromatic heterocycles. The summed E-state index contributed by atoms with van der Waals surface area (Å²) in [6, 6.07) is 40.2. The Balaban J connectivity index is 0.00000111. The number of thiophene rings is 2. The van der Waals surface area contributed by atoms with Crippen LogP contribution in [-0.2, 0) is 61.6 Å². The fraction of sp³-hybridized carbons (Fsp3) is 0.455. The summed E-state index contributed by atoms with van der Waals surface area (Å²) in [5.74, 6) is 2.71. The Hall–Kier alpha value is -6.17. The van der Waals surface area contributed by atoms with Gasteiger partial charge in [-0.2, -0.15) is 17.5 Å². The van der Waals surface area contributed by atoms with E-state index in [2.05, 4.69) is 108 Å². The number of fused-ring (bicyclic) bond motifs is 4. The average molecular weight is 2090 g/mol. The van der Waals surface area contributed by atoms with Gasteiger partial charge in [-0.1, -0.05) is 63.7 Å². The highest BCUT2D eigenvalue weighted by Crippen LogP contribution is 2.50. The molecule has 0 spiro atoms. The molecule has 5 atom stereocenters. The first-order valence-electron chi connectivity index (χ1n) is 41.1. The minimum Gasteiger partial charge on any atom is -0.491 e. The number of hydrogen-bond acceptors (Lipinski definition) is 34. The summed E-state index contributed by atoms with van der Waals surface area (Å²) in [5, 5.41) is 39.3. The van der Waals surface area contributed by atoms with E-state index in [9.17, 15) is 10.2 Å². The van der Waals surface area contributed by atoms with Crippen LogP contribution in [0.1, 0.15) is 10.4 Å². The van der Waals surface area contributed by atoms with Gasteiger partial charge in [0.25, 0.3) is 0 Å². The monoisotopic (exact) mass is 2080 g/mol. The number of aliphatic hydroxyl groups excluding tert-OH is 4. The van der Waals surface area contributed by atoms with Gasteiger partial charge in [0.05, 0.1) is 217 Å². The van der Waals surface area contributed by atoms with Crippen molar-refractivity contribution in [2.75, 3.05) is 213 Å². The van der Waals surface area contributed by atoms with Crippen molar-refractivity contribution in [3.63, 3.8) is 0 Å². The molecule has 6 aromatic carbocycles. The van der Waals surface area contributed by atoms with Crippen molar-refractivity contribution < 1.29 is 101 Å². The molecule has 0 radical (unpaired) electrons. The van der Waals surface area contributed by atoms with Gasteiger partial charge in [0.2, 0.25) is 0 Å². The molecule has 678 valence electrons. The number of benzene rings is 6. The van der Waals surface area contributed by atoms with Crippen LogP contribution in [-0.4, -0.2) is 301 Å². The Labute approximate surface area is 786 Å². The Morgan fingerprint density at radius 2 is 0.571 bits per heavy atom. The van der Waals surface area contributed by atoms with Gasteiger partial charge in [-0.25, -0.2) is 19.9 Å². The van der Waals surface area contributed by atoms with Crippen molar-refractivity contribution in [1.82, 2.24) is 37.4 Å². The predicted octanol–water partition coefficient (Wildman–Crippen LogP) is 15.0. The van der Waals surface area contributed by atoms with Gasteiger partial charge in [0.1, 0.15) is 118 Å². The molecule has 1 aliphatic rings. The second-order valence-electron chi connectivity index (χ2n) is 27.8. The van der Waals surface area contributed by atoms with Gasteiger partial charge in [-0.05, 0) is 135 Å². The first-order chi connectivity index (χ1) is 61.9. The molecule has 4 N–H and O–H groups in total. The Kier molecular flexibility index (Phi) is 42.3. The Morgan fingerprint density at radius 1 is 0.310 bits per heavy atom. The molecular weight excluding hydrogens is 1980 g/mol. The number of rotatable bonds is 56. The zero-order valence-corrected chi connectivity index (χ0v) is 80.2. The lowest BCUT2D eigenvalue weighted by Crippen LogP contribution is -2.56. The topological polar surface area (TPSA) is 341 Å². The maximum absolute atomic E-state index is 9.20. The van der Waals surface area contributed by atoms with Gasteiger partial charge in [-0.3, -0.25) is 0 Å². The second-order valence-corrected chi connectivity index (χ2v) is 34.9. The summed E-state index contributed by atoms with van der Waals surface area (Å²) < 4.78 is 118. The lowest BCUT2D eigenvalue weighted by molar-refractivity contribution is -0.205. The number of aryl methyl sites for hydroxylation is 2. The van der Waals surface area contributed by atoms with Crippen LogP contribution in [0.15, 0.2) is 121 Å². The average Bonchev–Trinajstić information content (AvgIpc) is 1.57. The van der Waals surface area contributed by atoms with E-state index in [1.54, 1.807) is 22.7 Å². The van der Waals surface area contributed by atoms with Gasteiger partial charge in [0, 0.05) is 85.3 Å². The Morgan fingerprint density at radius 3 is 0.865 bits per heavy atom. The van der Waals surface area contributed by atoms with Gasteiger partial charge in [0.15, 0.2) is 0 Å². The van der Waals surface area contributed by atoms with E-state index in [1.807, 2.05) is 104 Å². The first kappa shape index (κ1) is 98.9. The van der Waals surface area contributed by atoms with Crippen LogP contribution in [0.3, 0.4) is 0 Å². The number of hydrogen-bond donors (Lipinski definition) is 5. The van der Waals surface area contributed by atoms with Gasteiger partial charge >= 0.3 is 0 Å². The molecule has 0 saturated carbocycles. The molecule has 7 heterocycles. The summed E-state index contributed by atoms with van der Waals surface area (Å²) >= 11 is 22.9. The molecule has 0 bridgehead atoms. The summed E-state index contributed by atoms with van der Waals surface area (Å²) in [5.41, 5.74) is 13.8. The summed E-state index contributed by atoms with van der Waals surface area (Å²) in [4.78, 5) is 26.8. The van der Waals surface area contributed by atoms with Crippen molar-refractivity contribution in [2.45, 2.75) is 43.7 Å². The van der Waals surface area contributed by atoms with Crippen LogP contribution in [0.2, 0.25) is 0 Å². The third kappa shape index (κ3) is 28.4. The highest BCUT2D eigenvalue weighted by atomic mass is 79.9. The van der Waals surface area contributed by atoms with E-state index in [1.165, 1.54) is 0 Å². The first-order valence-corrected chi connectivity index (χ1v) is 49.2. The van der Waals surface area contributed by atoms with E-state index in [4.69, 9.17) is 128 Å². The summed E-state index contributed by atoms with van der Waals surface area (Å²) in [6.07, 6.45) is -4.70. The molecule has 1 saturated heterocycles. The number of halogens is 4. The number of thiol groups is 1. The van der Waals surface area contributed by atoms with Crippen LogP contribution in [0.4, 0.5) is 0 Å². The van der Waals surface area contributed by atoms with Crippen molar-refractivity contribution in [3.8, 4) is 99.3 Å². The summed E-state index contributed by atoms with van der Waals surface area (Å²) in [6.45, 7) is 17.0. The second kappa shape index (κ2) is 54.0. The molecule has 5 unspecified atom stereocenters. The third-order valence-electron chi connectivity index (χ3n) is 19.2. The largest absolute Gasteiger partial charge is 0.491 e. The zero-order chi connectivity index (χ0) is 88.0. The highest BCUT2D eigenvalue weighted by Gasteiger charge is 2.42. The molecule has 1 fully saturated rings. The highest BCUT2D eigenvalue weighted by molar-refractivity contribution is 9.09. The zero-order valence-electron chi connectivity index (χ0n) is 69.7. The molecule has 29 nitrogen and oxygen atoms in total. The number of alkyl halides is 4. The van der Waals surface area contributed by atoms with E-state index in [-0.39, 0.29) is 0 Å². The number of nitrogens with zero attached hydrogens (tertiary/aromatic N) is 8. The van der Waals surface area contributed by atoms with Crippen LogP contribution in [0.25, 0.3) is 120 Å². The smallest absolute Gasteiger partial charge is 0.129 e. The van der Waals surface area contributed by atoms with Crippen molar-refractivity contribution >= 4 is 167 Å². The fourth-order valence-electron chi connectivity index (χ4n) is 13.1. The van der Waals surface area contributed by atoms with Crippen LogP contribution in [0, 0.1) is 13.8 Å². The quantitative estimate of drug-likeness (QED) is 0.0134. The van der Waals surface area contributed by atoms with E-state index >= 15 is 0 Å². The SMILES string of the molecule is Cc1ccc(-c2c3nsnc3c(-c3ccc(-c4c5nsnc5c(C)c5nc(-c6ccc(OCCOCCOCCOCCBr)cc6)c(-c6ccc(OCCOCCOCCOCCBr)cc6)nc45)s3)c3nc(-c4ccc(OCCOCCOCCOCCBr)cc4)c(-c4ccc(OCCOCCOCCOCCBr)cc4)nc23)s1.OCC1OC(S)C(O)C(O)C1O. The molecule has 0 aliphatic carbocycles. The maximum atomic E-state index is 9.20. The van der Waals surface area contributed by atoms with Gasteiger partial charge < -0.3 is 101 Å². The lowest BCUT2D eigenvalue weighted by atomic mass is 9.99. The fourth-order valence-corrected chi connectivity index (χ4v) is 17.5. The minimum absolute atomic E-state index is 0.342. The van der Waals surface area contributed by atoms with E-state index in [0.717, 1.165) is 120 Å². The number of ether oxygens (including phenoxy) is 17. The molecule has 1 aliphatic heterocycles.